The zero-order valence-corrected chi connectivity index (χ0v) is 13.8. The Morgan fingerprint density at radius 2 is 1.92 bits per heavy atom. The van der Waals surface area contributed by atoms with Crippen LogP contribution in [-0.4, -0.2) is 36.2 Å². The van der Waals surface area contributed by atoms with Crippen molar-refractivity contribution < 1.29 is 14.3 Å². The molecule has 1 atom stereocenters. The summed E-state index contributed by atoms with van der Waals surface area (Å²) < 4.78 is 5.34. The maximum absolute atomic E-state index is 12.7. The number of imide groups is 1. The molecule has 2 aromatic rings. The van der Waals surface area contributed by atoms with Crippen molar-refractivity contribution in [1.29, 1.82) is 0 Å². The number of benzene rings is 1. The average molecular weight is 343 g/mol. The number of anilines is 1. The third-order valence-electron chi connectivity index (χ3n) is 4.44. The first-order chi connectivity index (χ1) is 11.7. The zero-order valence-electron chi connectivity index (χ0n) is 13.0. The summed E-state index contributed by atoms with van der Waals surface area (Å²) in [5, 5.41) is 4.19. The number of aromatic nitrogens is 1. The maximum atomic E-state index is 12.7. The monoisotopic (exact) mass is 343 g/mol. The molecule has 0 saturated carbocycles. The Bertz CT molecular complexity index is 755. The molecule has 0 bridgehead atoms. The summed E-state index contributed by atoms with van der Waals surface area (Å²) in [6, 6.07) is 8.91. The second-order valence-corrected chi connectivity index (χ2v) is 6.93. The van der Waals surface area contributed by atoms with Crippen molar-refractivity contribution in [2.24, 2.45) is 5.92 Å². The van der Waals surface area contributed by atoms with Crippen LogP contribution in [0.4, 0.5) is 9.80 Å². The standard InChI is InChI=1S/C17H17N3O3S/c21-16-14(11-6-8-23-9-7-11)19-17(22)20(16)13-10-18-15(24-13)12-4-2-1-3-5-12/h1-5,10-11,14H,6-9H2,(H,19,22). The lowest BCUT2D eigenvalue weighted by molar-refractivity contribution is -0.120. The van der Waals surface area contributed by atoms with E-state index in [0.717, 1.165) is 23.4 Å². The number of hydrogen-bond acceptors (Lipinski definition) is 5. The molecule has 3 amide bonds. The molecule has 0 radical (unpaired) electrons. The van der Waals surface area contributed by atoms with Gasteiger partial charge in [0.05, 0.1) is 6.20 Å². The lowest BCUT2D eigenvalue weighted by atomic mass is 9.92. The molecule has 1 aromatic heterocycles. The Hall–Kier alpha value is -2.25. The van der Waals surface area contributed by atoms with Crippen molar-refractivity contribution in [3.05, 3.63) is 36.5 Å². The highest BCUT2D eigenvalue weighted by Gasteiger charge is 2.44. The van der Waals surface area contributed by atoms with Gasteiger partial charge in [-0.3, -0.25) is 4.79 Å². The highest BCUT2D eigenvalue weighted by atomic mass is 32.1. The molecule has 4 rings (SSSR count). The molecule has 2 aliphatic heterocycles. The molecular weight excluding hydrogens is 326 g/mol. The number of carbonyl (C=O) groups excluding carboxylic acids is 2. The van der Waals surface area contributed by atoms with E-state index in [2.05, 4.69) is 10.3 Å². The normalized spacial score (nSPS) is 22.0. The van der Waals surface area contributed by atoms with Gasteiger partial charge in [0, 0.05) is 18.8 Å². The molecule has 0 spiro atoms. The third-order valence-corrected chi connectivity index (χ3v) is 5.47. The van der Waals surface area contributed by atoms with Gasteiger partial charge in [0.1, 0.15) is 16.1 Å². The second kappa shape index (κ2) is 6.33. The van der Waals surface area contributed by atoms with E-state index < -0.39 is 6.04 Å². The molecule has 124 valence electrons. The number of ether oxygens (including phenoxy) is 1. The molecule has 7 heteroatoms. The van der Waals surface area contributed by atoms with Crippen molar-refractivity contribution in [3.63, 3.8) is 0 Å². The molecule has 24 heavy (non-hydrogen) atoms. The van der Waals surface area contributed by atoms with Gasteiger partial charge in [-0.2, -0.15) is 0 Å². The summed E-state index contributed by atoms with van der Waals surface area (Å²) in [6.45, 7) is 1.28. The van der Waals surface area contributed by atoms with Gasteiger partial charge < -0.3 is 10.1 Å². The fourth-order valence-corrected chi connectivity index (χ4v) is 4.09. The largest absolute Gasteiger partial charge is 0.381 e. The second-order valence-electron chi connectivity index (χ2n) is 5.92. The van der Waals surface area contributed by atoms with Gasteiger partial charge in [-0.1, -0.05) is 41.7 Å². The van der Waals surface area contributed by atoms with Crippen molar-refractivity contribution in [1.82, 2.24) is 10.3 Å². The number of hydrogen-bond donors (Lipinski definition) is 1. The number of nitrogens with one attached hydrogen (secondary N) is 1. The molecule has 6 nitrogen and oxygen atoms in total. The number of nitrogens with zero attached hydrogens (tertiary/aromatic N) is 2. The van der Waals surface area contributed by atoms with Crippen molar-refractivity contribution in [2.75, 3.05) is 18.1 Å². The minimum absolute atomic E-state index is 0.140. The van der Waals surface area contributed by atoms with Crippen LogP contribution in [0.1, 0.15) is 12.8 Å². The number of carbonyl (C=O) groups is 2. The Morgan fingerprint density at radius 3 is 2.67 bits per heavy atom. The summed E-state index contributed by atoms with van der Waals surface area (Å²) in [4.78, 5) is 30.7. The highest BCUT2D eigenvalue weighted by molar-refractivity contribution is 7.19. The Morgan fingerprint density at radius 1 is 1.17 bits per heavy atom. The van der Waals surface area contributed by atoms with E-state index >= 15 is 0 Å². The summed E-state index contributed by atoms with van der Waals surface area (Å²) in [6.07, 6.45) is 3.18. The number of amides is 3. The van der Waals surface area contributed by atoms with Crippen LogP contribution in [-0.2, 0) is 9.53 Å². The van der Waals surface area contributed by atoms with E-state index in [4.69, 9.17) is 4.74 Å². The summed E-state index contributed by atoms with van der Waals surface area (Å²) in [7, 11) is 0. The van der Waals surface area contributed by atoms with Gasteiger partial charge in [0.15, 0.2) is 0 Å². The van der Waals surface area contributed by atoms with Gasteiger partial charge >= 0.3 is 6.03 Å². The van der Waals surface area contributed by atoms with E-state index in [-0.39, 0.29) is 17.9 Å². The predicted molar refractivity (Wildman–Crippen MR) is 90.9 cm³/mol. The van der Waals surface area contributed by atoms with Crippen LogP contribution in [0.2, 0.25) is 0 Å². The van der Waals surface area contributed by atoms with Crippen LogP contribution in [0.15, 0.2) is 36.5 Å². The first kappa shape index (κ1) is 15.3. The number of urea groups is 1. The quantitative estimate of drug-likeness (QED) is 0.870. The van der Waals surface area contributed by atoms with Crippen molar-refractivity contribution >= 4 is 28.3 Å². The molecule has 1 unspecified atom stereocenters. The van der Waals surface area contributed by atoms with Gasteiger partial charge in [0.2, 0.25) is 0 Å². The zero-order chi connectivity index (χ0) is 16.5. The SMILES string of the molecule is O=C1NC(C2CCOCC2)C(=O)N1c1cnc(-c2ccccc2)s1. The van der Waals surface area contributed by atoms with E-state index in [1.54, 1.807) is 6.20 Å². The lowest BCUT2D eigenvalue weighted by Crippen LogP contribution is -2.40. The van der Waals surface area contributed by atoms with Gasteiger partial charge in [-0.05, 0) is 18.8 Å². The highest BCUT2D eigenvalue weighted by Crippen LogP contribution is 2.34. The van der Waals surface area contributed by atoms with Crippen LogP contribution < -0.4 is 10.2 Å². The Labute approximate surface area is 143 Å². The van der Waals surface area contributed by atoms with E-state index in [0.29, 0.717) is 18.2 Å². The summed E-state index contributed by atoms with van der Waals surface area (Å²) >= 11 is 1.35. The Balaban J connectivity index is 1.57. The van der Waals surface area contributed by atoms with Crippen molar-refractivity contribution in [3.8, 4) is 10.6 Å². The van der Waals surface area contributed by atoms with E-state index in [1.165, 1.54) is 16.2 Å². The smallest absolute Gasteiger partial charge is 0.330 e. The first-order valence-electron chi connectivity index (χ1n) is 7.97. The first-order valence-corrected chi connectivity index (χ1v) is 8.79. The minimum Gasteiger partial charge on any atom is -0.381 e. The molecular formula is C17H17N3O3S. The van der Waals surface area contributed by atoms with Crippen LogP contribution in [0.5, 0.6) is 0 Å². The molecule has 1 N–H and O–H groups in total. The van der Waals surface area contributed by atoms with Gasteiger partial charge in [-0.15, -0.1) is 0 Å². The predicted octanol–water partition coefficient (Wildman–Crippen LogP) is 2.66. The van der Waals surface area contributed by atoms with Crippen molar-refractivity contribution in [2.45, 2.75) is 18.9 Å². The number of thiazole rings is 1. The lowest BCUT2D eigenvalue weighted by Gasteiger charge is -2.25. The fraction of sp³-hybridized carbons (Fsp3) is 0.353. The Kier molecular flexibility index (Phi) is 4.03. The molecule has 2 aliphatic rings. The average Bonchev–Trinajstić information content (AvgIpc) is 3.21. The van der Waals surface area contributed by atoms with Crippen LogP contribution in [0.3, 0.4) is 0 Å². The number of rotatable bonds is 3. The van der Waals surface area contributed by atoms with E-state index in [1.807, 2.05) is 30.3 Å². The molecule has 0 aliphatic carbocycles. The van der Waals surface area contributed by atoms with Gasteiger partial charge in [-0.25, -0.2) is 14.7 Å². The molecule has 2 saturated heterocycles. The fourth-order valence-electron chi connectivity index (χ4n) is 3.16. The molecule has 3 heterocycles. The topological polar surface area (TPSA) is 71.5 Å². The maximum Gasteiger partial charge on any atom is 0.330 e. The summed E-state index contributed by atoms with van der Waals surface area (Å²) in [5.41, 5.74) is 0.974. The van der Waals surface area contributed by atoms with E-state index in [9.17, 15) is 9.59 Å². The van der Waals surface area contributed by atoms with Crippen LogP contribution >= 0.6 is 11.3 Å². The van der Waals surface area contributed by atoms with Crippen LogP contribution in [0, 0.1) is 5.92 Å². The molecule has 1 aromatic carbocycles. The van der Waals surface area contributed by atoms with Crippen LogP contribution in [0.25, 0.3) is 10.6 Å². The van der Waals surface area contributed by atoms with Gasteiger partial charge in [0.25, 0.3) is 5.91 Å². The summed E-state index contributed by atoms with van der Waals surface area (Å²) in [5.74, 6) is -0.0446. The minimum atomic E-state index is -0.455. The molecule has 2 fully saturated rings. The third kappa shape index (κ3) is 2.70.